The van der Waals surface area contributed by atoms with E-state index in [-0.39, 0.29) is 18.8 Å². The number of hydrogen-bond donors (Lipinski definition) is 2. The van der Waals surface area contributed by atoms with Crippen LogP contribution in [0.25, 0.3) is 11.1 Å². The lowest BCUT2D eigenvalue weighted by molar-refractivity contribution is -0.153. The van der Waals surface area contributed by atoms with Crippen LogP contribution in [0.5, 0.6) is 0 Å². The number of carbonyl (C=O) groups is 3. The first-order valence-electron chi connectivity index (χ1n) is 11.9. The number of ether oxygens (including phenoxy) is 2. The lowest BCUT2D eigenvalue weighted by Crippen LogP contribution is -2.67. The molecule has 0 saturated heterocycles. The molecule has 0 heterocycles. The van der Waals surface area contributed by atoms with Crippen LogP contribution in [-0.4, -0.2) is 41.8 Å². The highest BCUT2D eigenvalue weighted by Crippen LogP contribution is 2.37. The van der Waals surface area contributed by atoms with Gasteiger partial charge in [0.1, 0.15) is 16.7 Å². The predicted octanol–water partition coefficient (Wildman–Crippen LogP) is 4.42. The zero-order valence-corrected chi connectivity index (χ0v) is 21.7. The Morgan fingerprint density at radius 3 is 1.80 bits per heavy atom. The van der Waals surface area contributed by atoms with E-state index in [0.29, 0.717) is 0 Å². The molecular weight excluding hydrogens is 444 g/mol. The van der Waals surface area contributed by atoms with E-state index in [4.69, 9.17) is 9.47 Å². The van der Waals surface area contributed by atoms with Crippen LogP contribution in [0.4, 0.5) is 4.79 Å². The fourth-order valence-corrected chi connectivity index (χ4v) is 4.39. The number of fused-ring (bicyclic) bond motifs is 3. The second kappa shape index (κ2) is 9.72. The zero-order valence-electron chi connectivity index (χ0n) is 21.7. The number of amides is 2. The van der Waals surface area contributed by atoms with Crippen LogP contribution in [0.15, 0.2) is 48.5 Å². The molecule has 3 rings (SSSR count). The molecule has 7 heteroatoms. The van der Waals surface area contributed by atoms with E-state index in [0.717, 1.165) is 22.3 Å². The number of rotatable bonds is 5. The fraction of sp³-hybridized carbons (Fsp3) is 0.464. The van der Waals surface area contributed by atoms with E-state index in [1.165, 1.54) is 7.11 Å². The summed E-state index contributed by atoms with van der Waals surface area (Å²) in [7, 11) is 1.29. The number of methoxy groups -OCH3 is 1. The summed E-state index contributed by atoms with van der Waals surface area (Å²) in [5, 5.41) is 5.83. The van der Waals surface area contributed by atoms with Gasteiger partial charge in [0.2, 0.25) is 5.91 Å². The number of hydrogen-bond acceptors (Lipinski definition) is 5. The molecule has 7 nitrogen and oxygen atoms in total. The predicted molar refractivity (Wildman–Crippen MR) is 135 cm³/mol. The van der Waals surface area contributed by atoms with Crippen LogP contribution in [0.1, 0.15) is 52.7 Å². The normalized spacial score (nSPS) is 16.1. The Balaban J connectivity index is 2.15. The van der Waals surface area contributed by atoms with Gasteiger partial charge in [-0.2, -0.15) is 0 Å². The molecule has 0 saturated carbocycles. The molecule has 1 aliphatic rings. The molecule has 0 radical (unpaired) electrons. The maximum atomic E-state index is 14.1. The van der Waals surface area contributed by atoms with Gasteiger partial charge in [0, 0.05) is 12.8 Å². The van der Waals surface area contributed by atoms with Crippen LogP contribution in [0.2, 0.25) is 0 Å². The highest BCUT2D eigenvalue weighted by molar-refractivity contribution is 5.96. The molecule has 0 fully saturated rings. The number of nitrogens with one attached hydrogen (secondary N) is 2. The lowest BCUT2D eigenvalue weighted by Gasteiger charge is -2.39. The van der Waals surface area contributed by atoms with Crippen molar-refractivity contribution < 1.29 is 23.9 Å². The molecule has 0 unspecified atom stereocenters. The molecule has 2 aromatic rings. The van der Waals surface area contributed by atoms with Gasteiger partial charge in [-0.15, -0.1) is 0 Å². The molecule has 188 valence electrons. The van der Waals surface area contributed by atoms with E-state index in [1.807, 2.05) is 62.4 Å². The second-order valence-electron chi connectivity index (χ2n) is 10.7. The van der Waals surface area contributed by atoms with Crippen molar-refractivity contribution in [2.24, 2.45) is 5.92 Å². The maximum absolute atomic E-state index is 14.1. The topological polar surface area (TPSA) is 93.7 Å². The minimum absolute atomic E-state index is 0.221. The minimum atomic E-state index is -1.41. The van der Waals surface area contributed by atoms with Crippen molar-refractivity contribution in [1.29, 1.82) is 0 Å². The standard InChI is InChI=1S/C28H36N2O5/c1-18(2)27(6,24(32)34-7)29-23(31)28(30-25(33)35-26(3,4)5)16-19-12-8-10-14-21(19)22-15-11-9-13-20(22)17-28/h8-15,18H,16-17H2,1-7H3,(H,29,31)(H,30,33)/t27-/m0/s1. The molecule has 0 spiro atoms. The largest absolute Gasteiger partial charge is 0.467 e. The Bertz CT molecular complexity index is 1070. The van der Waals surface area contributed by atoms with Gasteiger partial charge in [-0.25, -0.2) is 9.59 Å². The smallest absolute Gasteiger partial charge is 0.408 e. The maximum Gasteiger partial charge on any atom is 0.408 e. The van der Waals surface area contributed by atoms with E-state index in [9.17, 15) is 14.4 Å². The summed E-state index contributed by atoms with van der Waals surface area (Å²) in [4.78, 5) is 39.9. The summed E-state index contributed by atoms with van der Waals surface area (Å²) in [6.07, 6.45) is -0.259. The van der Waals surface area contributed by atoms with Crippen molar-refractivity contribution in [3.8, 4) is 11.1 Å². The SMILES string of the molecule is COC(=O)[C@@](C)(NC(=O)C1(NC(=O)OC(C)(C)C)Cc2ccccc2-c2ccccc2C1)C(C)C. The zero-order chi connectivity index (χ0) is 26.0. The quantitative estimate of drug-likeness (QED) is 0.618. The van der Waals surface area contributed by atoms with Crippen molar-refractivity contribution in [2.75, 3.05) is 7.11 Å². The fourth-order valence-electron chi connectivity index (χ4n) is 4.39. The monoisotopic (exact) mass is 480 g/mol. The molecule has 2 aromatic carbocycles. The molecule has 0 bridgehead atoms. The van der Waals surface area contributed by atoms with Crippen LogP contribution in [-0.2, 0) is 31.9 Å². The molecule has 0 aromatic heterocycles. The van der Waals surface area contributed by atoms with E-state index in [2.05, 4.69) is 10.6 Å². The van der Waals surface area contributed by atoms with Crippen LogP contribution >= 0.6 is 0 Å². The van der Waals surface area contributed by atoms with Crippen LogP contribution in [0, 0.1) is 5.92 Å². The van der Waals surface area contributed by atoms with Gasteiger partial charge in [0.25, 0.3) is 0 Å². The van der Waals surface area contributed by atoms with E-state index < -0.39 is 34.6 Å². The number of alkyl carbamates (subject to hydrolysis) is 1. The summed E-state index contributed by atoms with van der Waals surface area (Å²) in [6.45, 7) is 10.6. The summed E-state index contributed by atoms with van der Waals surface area (Å²) < 4.78 is 10.6. The molecule has 0 aliphatic heterocycles. The summed E-state index contributed by atoms with van der Waals surface area (Å²) in [5.41, 5.74) is 0.378. The molecule has 2 amide bonds. The van der Waals surface area contributed by atoms with Crippen LogP contribution in [0.3, 0.4) is 0 Å². The highest BCUT2D eigenvalue weighted by Gasteiger charge is 2.48. The average Bonchev–Trinajstić information content (AvgIpc) is 2.91. The van der Waals surface area contributed by atoms with Gasteiger partial charge in [-0.3, -0.25) is 4.79 Å². The van der Waals surface area contributed by atoms with Gasteiger partial charge >= 0.3 is 12.1 Å². The third-order valence-electron chi connectivity index (χ3n) is 6.62. The Morgan fingerprint density at radius 2 is 1.37 bits per heavy atom. The Labute approximate surface area is 207 Å². The van der Waals surface area contributed by atoms with E-state index >= 15 is 0 Å². The second-order valence-corrected chi connectivity index (χ2v) is 10.7. The molecular formula is C28H36N2O5. The number of benzene rings is 2. The van der Waals surface area contributed by atoms with Gasteiger partial charge in [-0.05, 0) is 55.9 Å². The van der Waals surface area contributed by atoms with Gasteiger partial charge in [0.05, 0.1) is 7.11 Å². The number of carbonyl (C=O) groups excluding carboxylic acids is 3. The van der Waals surface area contributed by atoms with E-state index in [1.54, 1.807) is 27.7 Å². The first kappa shape index (κ1) is 26.3. The lowest BCUT2D eigenvalue weighted by atomic mass is 9.82. The van der Waals surface area contributed by atoms with Crippen molar-refractivity contribution in [1.82, 2.24) is 10.6 Å². The Hall–Kier alpha value is -3.35. The minimum Gasteiger partial charge on any atom is -0.467 e. The van der Waals surface area contributed by atoms with Gasteiger partial charge in [-0.1, -0.05) is 62.4 Å². The van der Waals surface area contributed by atoms with Crippen molar-refractivity contribution in [2.45, 2.75) is 71.1 Å². The summed E-state index contributed by atoms with van der Waals surface area (Å²) in [6, 6.07) is 15.7. The van der Waals surface area contributed by atoms with Gasteiger partial charge < -0.3 is 20.1 Å². The Morgan fingerprint density at radius 1 is 0.886 bits per heavy atom. The first-order valence-corrected chi connectivity index (χ1v) is 11.9. The molecule has 1 atom stereocenters. The number of esters is 1. The van der Waals surface area contributed by atoms with Crippen molar-refractivity contribution in [3.05, 3.63) is 59.7 Å². The third kappa shape index (κ3) is 5.50. The van der Waals surface area contributed by atoms with Crippen LogP contribution < -0.4 is 10.6 Å². The van der Waals surface area contributed by atoms with Crippen molar-refractivity contribution in [3.63, 3.8) is 0 Å². The highest BCUT2D eigenvalue weighted by atomic mass is 16.6. The summed E-state index contributed by atoms with van der Waals surface area (Å²) >= 11 is 0. The molecule has 1 aliphatic carbocycles. The van der Waals surface area contributed by atoms with Crippen molar-refractivity contribution >= 4 is 18.0 Å². The molecule has 35 heavy (non-hydrogen) atoms. The molecule has 2 N–H and O–H groups in total. The first-order chi connectivity index (χ1) is 16.3. The average molecular weight is 481 g/mol. The summed E-state index contributed by atoms with van der Waals surface area (Å²) in [5.74, 6) is -1.29. The third-order valence-corrected chi connectivity index (χ3v) is 6.62. The van der Waals surface area contributed by atoms with Gasteiger partial charge in [0.15, 0.2) is 0 Å². The Kier molecular flexibility index (Phi) is 7.29.